The first-order valence-electron chi connectivity index (χ1n) is 13.8. The van der Waals surface area contributed by atoms with E-state index in [0.717, 1.165) is 27.7 Å². The second kappa shape index (κ2) is 14.8. The first-order valence-corrected chi connectivity index (χ1v) is 14.4. The molecule has 2 aromatic heterocycles. The van der Waals surface area contributed by atoms with Gasteiger partial charge in [0.2, 0.25) is 0 Å². The largest absolute Gasteiger partial charge is 0.496 e. The van der Waals surface area contributed by atoms with Gasteiger partial charge in [0.15, 0.2) is 11.4 Å². The summed E-state index contributed by atoms with van der Waals surface area (Å²) in [5.41, 5.74) is 5.05. The minimum absolute atomic E-state index is 0.144. The van der Waals surface area contributed by atoms with Gasteiger partial charge in [-0.2, -0.15) is 0 Å². The van der Waals surface area contributed by atoms with Crippen molar-refractivity contribution in [3.8, 4) is 5.75 Å². The van der Waals surface area contributed by atoms with Gasteiger partial charge < -0.3 is 34.9 Å². The van der Waals surface area contributed by atoms with E-state index in [9.17, 15) is 19.8 Å². The average Bonchev–Trinajstić information content (AvgIpc) is 3.50. The SMILES string of the molecule is C=C1C=CC(NCc2ccccc2OC)=C(C(=O)O)N1/C=C\C.O=C(O)c1c(NCc2ccccc2P)ccc2cccn12. The number of benzene rings is 2. The molecule has 0 amide bonds. The molecule has 226 valence electrons. The Morgan fingerprint density at radius 1 is 0.909 bits per heavy atom. The maximum absolute atomic E-state index is 11.7. The van der Waals surface area contributed by atoms with Crippen LogP contribution in [0.3, 0.4) is 0 Å². The Labute approximate surface area is 258 Å². The van der Waals surface area contributed by atoms with Gasteiger partial charge in [0.05, 0.1) is 18.5 Å². The predicted octanol–water partition coefficient (Wildman–Crippen LogP) is 5.75. The van der Waals surface area contributed by atoms with Crippen molar-refractivity contribution in [1.29, 1.82) is 0 Å². The summed E-state index contributed by atoms with van der Waals surface area (Å²) in [6.07, 6.45) is 8.71. The van der Waals surface area contributed by atoms with E-state index in [0.29, 0.717) is 30.2 Å². The van der Waals surface area contributed by atoms with Gasteiger partial charge in [0, 0.05) is 42.3 Å². The van der Waals surface area contributed by atoms with Gasteiger partial charge in [-0.3, -0.25) is 0 Å². The summed E-state index contributed by atoms with van der Waals surface area (Å²) in [5, 5.41) is 26.5. The third-order valence-electron chi connectivity index (χ3n) is 6.83. The number of fused-ring (bicyclic) bond motifs is 1. The standard InChI is InChI=1S/C18H20N2O3.C16H15N2O2P/c1-4-11-20-13(2)9-10-15(17(20)18(21)22)19-12-14-7-5-6-8-16(14)23-3;19-16(20)15-13(8-7-12-5-3-9-18(12)15)17-10-11-4-1-2-6-14(11)21/h4-11,19H,2,12H2,1,3H3,(H,21,22);1-9,17H,10,21H2,(H,19,20)/b11-4-;. The number of nitrogens with zero attached hydrogens (tertiary/aromatic N) is 2. The van der Waals surface area contributed by atoms with Crippen LogP contribution in [-0.2, 0) is 17.9 Å². The topological polar surface area (TPSA) is 116 Å². The first kappa shape index (κ1) is 31.7. The lowest BCUT2D eigenvalue weighted by Crippen LogP contribution is -2.29. The highest BCUT2D eigenvalue weighted by molar-refractivity contribution is 7.27. The van der Waals surface area contributed by atoms with E-state index in [4.69, 9.17) is 4.74 Å². The Kier molecular flexibility index (Phi) is 10.6. The molecule has 1 atom stereocenters. The lowest BCUT2D eigenvalue weighted by molar-refractivity contribution is -0.134. The Bertz CT molecular complexity index is 1770. The van der Waals surface area contributed by atoms with E-state index in [1.165, 1.54) is 0 Å². The number of para-hydroxylation sites is 1. The zero-order valence-corrected chi connectivity index (χ0v) is 25.7. The van der Waals surface area contributed by atoms with Crippen LogP contribution in [0.2, 0.25) is 0 Å². The summed E-state index contributed by atoms with van der Waals surface area (Å²) in [6.45, 7) is 6.73. The fraction of sp³-hybridized carbons (Fsp3) is 0.118. The maximum atomic E-state index is 11.7. The van der Waals surface area contributed by atoms with Crippen molar-refractivity contribution in [1.82, 2.24) is 14.6 Å². The molecule has 0 radical (unpaired) electrons. The third-order valence-corrected chi connectivity index (χ3v) is 7.40. The molecule has 1 aliphatic rings. The molecular formula is C34H35N4O5P. The number of carboxylic acid groups (broad SMARTS) is 2. The molecule has 5 rings (SSSR count). The molecule has 2 aromatic carbocycles. The van der Waals surface area contributed by atoms with Crippen LogP contribution in [-0.4, -0.2) is 38.6 Å². The summed E-state index contributed by atoms with van der Waals surface area (Å²) in [7, 11) is 4.30. The van der Waals surface area contributed by atoms with Crippen LogP contribution in [0.1, 0.15) is 28.5 Å². The number of methoxy groups -OCH3 is 1. The van der Waals surface area contributed by atoms with Crippen LogP contribution in [0.25, 0.3) is 5.52 Å². The first-order chi connectivity index (χ1) is 21.2. The number of hydrogen-bond acceptors (Lipinski definition) is 6. The number of aromatic carboxylic acids is 1. The highest BCUT2D eigenvalue weighted by Crippen LogP contribution is 2.24. The predicted molar refractivity (Wildman–Crippen MR) is 177 cm³/mol. The molecule has 1 unspecified atom stereocenters. The normalized spacial score (nSPS) is 12.7. The van der Waals surface area contributed by atoms with Crippen molar-refractivity contribution >= 4 is 37.7 Å². The minimum Gasteiger partial charge on any atom is -0.496 e. The second-order valence-electron chi connectivity index (χ2n) is 9.67. The number of allylic oxidation sites excluding steroid dienone is 3. The molecule has 9 nitrogen and oxygen atoms in total. The highest BCUT2D eigenvalue weighted by Gasteiger charge is 2.24. The smallest absolute Gasteiger partial charge is 0.355 e. The van der Waals surface area contributed by atoms with E-state index in [1.54, 1.807) is 47.0 Å². The van der Waals surface area contributed by atoms with Crippen molar-refractivity contribution in [3.63, 3.8) is 0 Å². The number of carbonyl (C=O) groups is 2. The van der Waals surface area contributed by atoms with E-state index in [2.05, 4.69) is 26.5 Å². The molecule has 0 spiro atoms. The number of nitrogens with one attached hydrogen (secondary N) is 2. The Balaban J connectivity index is 0.000000201. The van der Waals surface area contributed by atoms with Gasteiger partial charge in [0.25, 0.3) is 0 Å². The number of pyridine rings is 1. The van der Waals surface area contributed by atoms with Gasteiger partial charge >= 0.3 is 11.9 Å². The fourth-order valence-electron chi connectivity index (χ4n) is 4.69. The Hall–Kier alpha value is -5.27. The van der Waals surface area contributed by atoms with Crippen LogP contribution < -0.4 is 20.7 Å². The molecule has 0 saturated carbocycles. The van der Waals surface area contributed by atoms with E-state index >= 15 is 0 Å². The highest BCUT2D eigenvalue weighted by atomic mass is 31.0. The summed E-state index contributed by atoms with van der Waals surface area (Å²) >= 11 is 0. The van der Waals surface area contributed by atoms with Crippen LogP contribution in [0.5, 0.6) is 5.75 Å². The average molecular weight is 611 g/mol. The number of ether oxygens (including phenoxy) is 1. The fourth-order valence-corrected chi connectivity index (χ4v) is 5.00. The minimum atomic E-state index is -1.02. The summed E-state index contributed by atoms with van der Waals surface area (Å²) < 4.78 is 6.99. The Morgan fingerprint density at radius 3 is 2.30 bits per heavy atom. The molecule has 1 aliphatic heterocycles. The van der Waals surface area contributed by atoms with E-state index < -0.39 is 11.9 Å². The number of carboxylic acids is 2. The molecule has 4 aromatic rings. The molecule has 0 bridgehead atoms. The van der Waals surface area contributed by atoms with Gasteiger partial charge in [0.1, 0.15) is 5.75 Å². The van der Waals surface area contributed by atoms with Crippen molar-refractivity contribution in [2.45, 2.75) is 20.0 Å². The van der Waals surface area contributed by atoms with Crippen molar-refractivity contribution < 1.29 is 24.5 Å². The molecule has 0 aliphatic carbocycles. The van der Waals surface area contributed by atoms with Crippen LogP contribution in [0.4, 0.5) is 5.69 Å². The molecule has 0 fully saturated rings. The van der Waals surface area contributed by atoms with Crippen LogP contribution in [0, 0.1) is 0 Å². The number of aliphatic carboxylic acids is 1. The summed E-state index contributed by atoms with van der Waals surface area (Å²) in [5.74, 6) is -1.21. The molecule has 10 heteroatoms. The summed E-state index contributed by atoms with van der Waals surface area (Å²) in [4.78, 5) is 24.8. The zero-order chi connectivity index (χ0) is 31.6. The molecule has 3 heterocycles. The van der Waals surface area contributed by atoms with Crippen LogP contribution in [0.15, 0.2) is 127 Å². The van der Waals surface area contributed by atoms with Crippen LogP contribution >= 0.6 is 9.24 Å². The summed E-state index contributed by atoms with van der Waals surface area (Å²) in [6, 6.07) is 23.0. The number of rotatable bonds is 10. The molecule has 44 heavy (non-hydrogen) atoms. The zero-order valence-electron chi connectivity index (χ0n) is 24.5. The molecular weight excluding hydrogens is 575 g/mol. The van der Waals surface area contributed by atoms with Gasteiger partial charge in [-0.15, -0.1) is 9.24 Å². The maximum Gasteiger partial charge on any atom is 0.355 e. The van der Waals surface area contributed by atoms with Crippen molar-refractivity contribution in [2.75, 3.05) is 12.4 Å². The van der Waals surface area contributed by atoms with Gasteiger partial charge in [-0.05, 0) is 60.3 Å². The Morgan fingerprint density at radius 2 is 1.61 bits per heavy atom. The monoisotopic (exact) mass is 610 g/mol. The number of aromatic nitrogens is 1. The quantitative estimate of drug-likeness (QED) is 0.168. The van der Waals surface area contributed by atoms with Crippen molar-refractivity contribution in [2.24, 2.45) is 0 Å². The van der Waals surface area contributed by atoms with Crippen molar-refractivity contribution in [3.05, 3.63) is 144 Å². The van der Waals surface area contributed by atoms with E-state index in [-0.39, 0.29) is 11.4 Å². The third kappa shape index (κ3) is 7.38. The van der Waals surface area contributed by atoms with Gasteiger partial charge in [-0.1, -0.05) is 55.1 Å². The lowest BCUT2D eigenvalue weighted by Gasteiger charge is -2.27. The number of anilines is 1. The van der Waals surface area contributed by atoms with Gasteiger partial charge in [-0.25, -0.2) is 9.59 Å². The molecule has 4 N–H and O–H groups in total. The molecule has 0 saturated heterocycles. The van der Waals surface area contributed by atoms with E-state index in [1.807, 2.05) is 79.7 Å². The number of hydrogen-bond donors (Lipinski definition) is 4. The second-order valence-corrected chi connectivity index (χ2v) is 10.3. The lowest BCUT2D eigenvalue weighted by atomic mass is 10.1.